The second-order valence-electron chi connectivity index (χ2n) is 10.0. The van der Waals surface area contributed by atoms with Crippen LogP contribution < -0.4 is 21.3 Å². The summed E-state index contributed by atoms with van der Waals surface area (Å²) in [6.07, 6.45) is 1.80. The Hall–Kier alpha value is -3.99. The van der Waals surface area contributed by atoms with Crippen LogP contribution in [0.2, 0.25) is 0 Å². The summed E-state index contributed by atoms with van der Waals surface area (Å²) in [5.74, 6) is -3.79. The minimum Gasteiger partial charge on any atom is -0.505 e. The Bertz CT molecular complexity index is 1190. The fourth-order valence-electron chi connectivity index (χ4n) is 4.61. The van der Waals surface area contributed by atoms with Crippen molar-refractivity contribution >= 4 is 23.6 Å². The number of rotatable bonds is 5. The van der Waals surface area contributed by atoms with Gasteiger partial charge < -0.3 is 31.5 Å². The molecule has 1 aromatic heterocycles. The maximum absolute atomic E-state index is 13.6. The van der Waals surface area contributed by atoms with Crippen molar-refractivity contribution in [1.82, 2.24) is 26.3 Å². The Kier molecular flexibility index (Phi) is 8.26. The van der Waals surface area contributed by atoms with Crippen molar-refractivity contribution in [2.45, 2.75) is 63.4 Å². The molecule has 11 heteroatoms. The van der Waals surface area contributed by atoms with E-state index in [-0.39, 0.29) is 23.8 Å². The van der Waals surface area contributed by atoms with Gasteiger partial charge in [-0.3, -0.25) is 19.2 Å². The van der Waals surface area contributed by atoms with Gasteiger partial charge in [0.15, 0.2) is 5.69 Å². The van der Waals surface area contributed by atoms with E-state index in [1.807, 2.05) is 30.3 Å². The summed E-state index contributed by atoms with van der Waals surface area (Å²) in [5, 5.41) is 32.2. The minimum atomic E-state index is -1.28. The summed E-state index contributed by atoms with van der Waals surface area (Å²) < 4.78 is 0. The van der Waals surface area contributed by atoms with Gasteiger partial charge in [-0.05, 0) is 49.8 Å². The van der Waals surface area contributed by atoms with Crippen molar-refractivity contribution in [1.29, 1.82) is 0 Å². The largest absolute Gasteiger partial charge is 0.505 e. The smallest absolute Gasteiger partial charge is 0.274 e. The average molecular weight is 524 g/mol. The number of benzene rings is 1. The molecule has 2 aromatic rings. The van der Waals surface area contributed by atoms with Crippen molar-refractivity contribution in [2.24, 2.45) is 11.8 Å². The van der Waals surface area contributed by atoms with Crippen LogP contribution in [0.5, 0.6) is 5.75 Å². The van der Waals surface area contributed by atoms with Crippen molar-refractivity contribution in [3.05, 3.63) is 59.9 Å². The third kappa shape index (κ3) is 6.28. The number of pyridine rings is 1. The molecule has 6 N–H and O–H groups in total. The first kappa shape index (κ1) is 27.1. The molecule has 2 fully saturated rings. The topological polar surface area (TPSA) is 170 Å². The predicted molar refractivity (Wildman–Crippen MR) is 137 cm³/mol. The molecule has 6 atom stereocenters. The number of aliphatic hydroxyl groups is 1. The molecule has 0 radical (unpaired) electrons. The van der Waals surface area contributed by atoms with Gasteiger partial charge in [0, 0.05) is 6.20 Å². The molecule has 1 saturated carbocycles. The molecule has 0 spiro atoms. The molecule has 4 rings (SSSR count). The van der Waals surface area contributed by atoms with Crippen LogP contribution in [0.25, 0.3) is 0 Å². The Morgan fingerprint density at radius 3 is 2.34 bits per heavy atom. The zero-order chi connectivity index (χ0) is 27.4. The van der Waals surface area contributed by atoms with E-state index in [9.17, 15) is 29.4 Å². The summed E-state index contributed by atoms with van der Waals surface area (Å²) in [6.45, 7) is 3.10. The molecule has 202 valence electrons. The maximum atomic E-state index is 13.6. The number of aromatic hydroxyl groups is 1. The summed E-state index contributed by atoms with van der Waals surface area (Å²) in [4.78, 5) is 56.6. The van der Waals surface area contributed by atoms with Gasteiger partial charge in [0.05, 0.1) is 24.1 Å². The number of hydrogen-bond donors (Lipinski definition) is 6. The lowest BCUT2D eigenvalue weighted by molar-refractivity contribution is -0.136. The monoisotopic (exact) mass is 523 g/mol. The van der Waals surface area contributed by atoms with Gasteiger partial charge in [-0.15, -0.1) is 0 Å². The molecular formula is C27H33N5O6. The first-order valence-electron chi connectivity index (χ1n) is 12.7. The molecule has 4 amide bonds. The van der Waals surface area contributed by atoms with E-state index in [4.69, 9.17) is 0 Å². The van der Waals surface area contributed by atoms with Crippen LogP contribution >= 0.6 is 0 Å². The number of nitrogens with zero attached hydrogens (tertiary/aromatic N) is 1. The average Bonchev–Trinajstić information content (AvgIpc) is 3.74. The van der Waals surface area contributed by atoms with Crippen molar-refractivity contribution < 1.29 is 29.4 Å². The normalized spacial score (nSPS) is 28.7. The highest BCUT2D eigenvalue weighted by Crippen LogP contribution is 2.33. The number of amides is 4. The molecule has 1 unspecified atom stereocenters. The second-order valence-corrected chi connectivity index (χ2v) is 10.0. The molecule has 38 heavy (non-hydrogen) atoms. The van der Waals surface area contributed by atoms with E-state index in [1.54, 1.807) is 13.8 Å². The fraction of sp³-hybridized carbons (Fsp3) is 0.444. The third-order valence-electron chi connectivity index (χ3n) is 7.08. The highest BCUT2D eigenvalue weighted by Gasteiger charge is 2.42. The number of aliphatic hydroxyl groups excluding tert-OH is 1. The summed E-state index contributed by atoms with van der Waals surface area (Å²) in [5.41, 5.74) is 0.551. The lowest BCUT2D eigenvalue weighted by Crippen LogP contribution is -2.64. The minimum absolute atomic E-state index is 0.0501. The van der Waals surface area contributed by atoms with Crippen LogP contribution in [0.3, 0.4) is 0 Å². The maximum Gasteiger partial charge on any atom is 0.274 e. The van der Waals surface area contributed by atoms with Gasteiger partial charge in [-0.2, -0.15) is 0 Å². The third-order valence-corrected chi connectivity index (χ3v) is 7.08. The summed E-state index contributed by atoms with van der Waals surface area (Å²) >= 11 is 0. The first-order chi connectivity index (χ1) is 18.2. The number of hydrogen-bond acceptors (Lipinski definition) is 7. The van der Waals surface area contributed by atoms with Crippen LogP contribution in [-0.2, 0) is 20.8 Å². The quantitative estimate of drug-likeness (QED) is 0.321. The van der Waals surface area contributed by atoms with Gasteiger partial charge in [0.1, 0.15) is 17.8 Å². The fourth-order valence-corrected chi connectivity index (χ4v) is 4.61. The van der Waals surface area contributed by atoms with Crippen LogP contribution in [-0.4, -0.2) is 69.1 Å². The van der Waals surface area contributed by atoms with Crippen LogP contribution in [0.15, 0.2) is 48.7 Å². The SMILES string of the molecule is C[C@H]1NC(=O)C(C2CC2)NC(=O)[C@H](C)[C@H](O)[C@H](Cc2ccccc2)NC(=O)[C@H]1NC(=O)c1ncccc1O. The van der Waals surface area contributed by atoms with Crippen LogP contribution in [0.1, 0.15) is 42.7 Å². The standard InChI is InChI=1S/C27H33N5O6/c1-14-23(34)18(13-16-7-4-3-5-8-16)30-25(36)20(31-27(38)22-19(33)9-6-12-28-22)15(2)29-26(37)21(17-10-11-17)32-24(14)35/h3-9,12,14-15,17-18,20-21,23,33-34H,10-11,13H2,1-2H3,(H,29,37)(H,30,36)(H,31,38)(H,32,35)/t14-,15-,18+,20+,21?,23+/m1/s1. The number of nitrogens with one attached hydrogen (secondary N) is 4. The zero-order valence-electron chi connectivity index (χ0n) is 21.3. The summed E-state index contributed by atoms with van der Waals surface area (Å²) in [6, 6.07) is 8.06. The highest BCUT2D eigenvalue weighted by molar-refractivity contribution is 5.98. The van der Waals surface area contributed by atoms with Gasteiger partial charge in [-0.1, -0.05) is 37.3 Å². The van der Waals surface area contributed by atoms with Gasteiger partial charge in [-0.25, -0.2) is 4.98 Å². The second kappa shape index (κ2) is 11.6. The molecule has 0 bridgehead atoms. The Morgan fingerprint density at radius 2 is 1.68 bits per heavy atom. The summed E-state index contributed by atoms with van der Waals surface area (Å²) in [7, 11) is 0. The van der Waals surface area contributed by atoms with E-state index in [1.165, 1.54) is 18.3 Å². The van der Waals surface area contributed by atoms with E-state index >= 15 is 0 Å². The lowest BCUT2D eigenvalue weighted by Gasteiger charge is -2.34. The first-order valence-corrected chi connectivity index (χ1v) is 12.7. The van der Waals surface area contributed by atoms with Crippen molar-refractivity contribution in [3.8, 4) is 5.75 Å². The van der Waals surface area contributed by atoms with E-state index < -0.39 is 59.8 Å². The Balaban J connectivity index is 1.66. The molecular weight excluding hydrogens is 490 g/mol. The molecule has 1 saturated heterocycles. The molecule has 1 aliphatic carbocycles. The zero-order valence-corrected chi connectivity index (χ0v) is 21.3. The Morgan fingerprint density at radius 1 is 0.974 bits per heavy atom. The molecule has 2 aliphatic rings. The Labute approximate surface area is 220 Å². The highest BCUT2D eigenvalue weighted by atomic mass is 16.3. The number of aromatic nitrogens is 1. The lowest BCUT2D eigenvalue weighted by atomic mass is 9.91. The van der Waals surface area contributed by atoms with E-state index in [0.717, 1.165) is 18.4 Å². The van der Waals surface area contributed by atoms with Gasteiger partial charge in [0.2, 0.25) is 17.7 Å². The predicted octanol–water partition coefficient (Wildman–Crippen LogP) is 0.0232. The van der Waals surface area contributed by atoms with E-state index in [0.29, 0.717) is 0 Å². The van der Waals surface area contributed by atoms with Crippen molar-refractivity contribution in [2.75, 3.05) is 0 Å². The van der Waals surface area contributed by atoms with Gasteiger partial charge in [0.25, 0.3) is 5.91 Å². The van der Waals surface area contributed by atoms with Crippen LogP contribution in [0, 0.1) is 11.8 Å². The number of carbonyl (C=O) groups excluding carboxylic acids is 4. The van der Waals surface area contributed by atoms with Gasteiger partial charge >= 0.3 is 0 Å². The number of carbonyl (C=O) groups is 4. The van der Waals surface area contributed by atoms with Crippen molar-refractivity contribution in [3.63, 3.8) is 0 Å². The molecule has 2 heterocycles. The van der Waals surface area contributed by atoms with E-state index in [2.05, 4.69) is 26.3 Å². The molecule has 1 aromatic carbocycles. The van der Waals surface area contributed by atoms with Crippen LogP contribution in [0.4, 0.5) is 0 Å². The molecule has 1 aliphatic heterocycles. The molecule has 11 nitrogen and oxygen atoms in total.